The lowest BCUT2D eigenvalue weighted by atomic mass is 9.76. The van der Waals surface area contributed by atoms with E-state index in [-0.39, 0.29) is 5.84 Å². The third kappa shape index (κ3) is 5.05. The van der Waals surface area contributed by atoms with Crippen molar-refractivity contribution in [3.63, 3.8) is 0 Å². The second kappa shape index (κ2) is 6.94. The highest BCUT2D eigenvalue weighted by Gasteiger charge is 2.26. The third-order valence-electron chi connectivity index (χ3n) is 4.16. The zero-order valence-corrected chi connectivity index (χ0v) is 13.0. The lowest BCUT2D eigenvalue weighted by Gasteiger charge is -2.34. The molecule has 4 nitrogen and oxygen atoms in total. The molecule has 0 spiro atoms. The van der Waals surface area contributed by atoms with E-state index < -0.39 is 0 Å². The Morgan fingerprint density at radius 3 is 2.38 bits per heavy atom. The van der Waals surface area contributed by atoms with E-state index in [2.05, 4.69) is 13.8 Å². The van der Waals surface area contributed by atoms with Gasteiger partial charge in [0, 0.05) is 5.56 Å². The fourth-order valence-electron chi connectivity index (χ4n) is 2.64. The molecule has 0 radical (unpaired) electrons. The van der Waals surface area contributed by atoms with Crippen molar-refractivity contribution in [2.24, 2.45) is 11.1 Å². The van der Waals surface area contributed by atoms with E-state index in [1.807, 2.05) is 12.1 Å². The van der Waals surface area contributed by atoms with Crippen LogP contribution in [0.4, 0.5) is 0 Å². The molecule has 1 saturated carbocycles. The van der Waals surface area contributed by atoms with Crippen molar-refractivity contribution in [2.75, 3.05) is 13.2 Å². The predicted octanol–water partition coefficient (Wildman–Crippen LogP) is 3.33. The Hall–Kier alpha value is -1.55. The van der Waals surface area contributed by atoms with E-state index in [0.717, 1.165) is 18.6 Å². The highest BCUT2D eigenvalue weighted by Crippen LogP contribution is 2.36. The molecule has 1 aromatic rings. The monoisotopic (exact) mass is 290 g/mol. The van der Waals surface area contributed by atoms with Crippen LogP contribution in [0.15, 0.2) is 24.3 Å². The average molecular weight is 290 g/mol. The van der Waals surface area contributed by atoms with Crippen molar-refractivity contribution in [2.45, 2.75) is 45.6 Å². The zero-order chi connectivity index (χ0) is 15.3. The van der Waals surface area contributed by atoms with Crippen LogP contribution >= 0.6 is 0 Å². The van der Waals surface area contributed by atoms with E-state index in [1.165, 1.54) is 12.8 Å². The summed E-state index contributed by atoms with van der Waals surface area (Å²) in [5, 5.41) is 7.33. The second-order valence-electron chi connectivity index (χ2n) is 6.52. The Morgan fingerprint density at radius 2 is 1.81 bits per heavy atom. The van der Waals surface area contributed by atoms with Gasteiger partial charge in [-0.05, 0) is 55.4 Å². The highest BCUT2D eigenvalue weighted by atomic mass is 16.5. The molecule has 1 aromatic carbocycles. The molecule has 1 fully saturated rings. The van der Waals surface area contributed by atoms with E-state index >= 15 is 0 Å². The van der Waals surface area contributed by atoms with Crippen LogP contribution in [0.25, 0.3) is 0 Å². The topological polar surface area (TPSA) is 68.3 Å². The van der Waals surface area contributed by atoms with Gasteiger partial charge in [-0.25, -0.2) is 0 Å². The van der Waals surface area contributed by atoms with Crippen LogP contribution in [0.5, 0.6) is 5.75 Å². The summed E-state index contributed by atoms with van der Waals surface area (Å²) in [7, 11) is 0. The molecule has 0 heterocycles. The van der Waals surface area contributed by atoms with E-state index in [4.69, 9.17) is 20.6 Å². The molecule has 0 unspecified atom stereocenters. The minimum atomic E-state index is 0.0742. The Bertz CT molecular complexity index is 458. The van der Waals surface area contributed by atoms with Gasteiger partial charge in [-0.2, -0.15) is 0 Å². The average Bonchev–Trinajstić information content (AvgIpc) is 2.45. The Kier molecular flexibility index (Phi) is 5.23. The fourth-order valence-corrected chi connectivity index (χ4v) is 2.64. The van der Waals surface area contributed by atoms with Crippen LogP contribution in [-0.4, -0.2) is 25.2 Å². The summed E-state index contributed by atoms with van der Waals surface area (Å²) in [6.07, 6.45) is 5.18. The molecule has 21 heavy (non-hydrogen) atoms. The van der Waals surface area contributed by atoms with Crippen LogP contribution in [-0.2, 0) is 4.74 Å². The number of nitrogen functional groups attached to an aromatic ring is 1. The van der Waals surface area contributed by atoms with Crippen LogP contribution in [0.1, 0.15) is 45.1 Å². The normalized spacial score (nSPS) is 18.4. The largest absolute Gasteiger partial charge is 0.491 e. The molecule has 0 aliphatic heterocycles. The molecular formula is C17H26N2O2. The Balaban J connectivity index is 1.65. The van der Waals surface area contributed by atoms with Gasteiger partial charge in [-0.1, -0.05) is 13.8 Å². The molecule has 0 bridgehead atoms. The van der Waals surface area contributed by atoms with E-state index in [9.17, 15) is 0 Å². The van der Waals surface area contributed by atoms with Crippen LogP contribution in [0.2, 0.25) is 0 Å². The summed E-state index contributed by atoms with van der Waals surface area (Å²) in [5.74, 6) is 0.860. The maximum absolute atomic E-state index is 7.33. The summed E-state index contributed by atoms with van der Waals surface area (Å²) in [6.45, 7) is 5.84. The summed E-state index contributed by atoms with van der Waals surface area (Å²) in [4.78, 5) is 0. The van der Waals surface area contributed by atoms with Gasteiger partial charge in [-0.15, -0.1) is 0 Å². The molecule has 1 aliphatic carbocycles. The van der Waals surface area contributed by atoms with Crippen molar-refractivity contribution in [3.8, 4) is 5.75 Å². The zero-order valence-electron chi connectivity index (χ0n) is 13.0. The SMILES string of the molecule is CC1(C)CCC(OCCOc2ccc(C(=N)N)cc2)CC1. The smallest absolute Gasteiger partial charge is 0.122 e. The van der Waals surface area contributed by atoms with Gasteiger partial charge in [0.05, 0.1) is 12.7 Å². The number of amidine groups is 1. The first-order valence-corrected chi connectivity index (χ1v) is 7.65. The molecular weight excluding hydrogens is 264 g/mol. The van der Waals surface area contributed by atoms with Gasteiger partial charge in [0.15, 0.2) is 0 Å². The standard InChI is InChI=1S/C17H26N2O2/c1-17(2)9-7-15(8-10-17)21-12-11-20-14-5-3-13(4-6-14)16(18)19/h3-6,15H,7-12H2,1-2H3,(H3,18,19). The lowest BCUT2D eigenvalue weighted by Crippen LogP contribution is -2.27. The minimum absolute atomic E-state index is 0.0742. The van der Waals surface area contributed by atoms with E-state index in [1.54, 1.807) is 12.1 Å². The predicted molar refractivity (Wildman–Crippen MR) is 84.9 cm³/mol. The Labute approximate surface area is 127 Å². The molecule has 2 rings (SSSR count). The molecule has 4 heteroatoms. The quantitative estimate of drug-likeness (QED) is 0.479. The fraction of sp³-hybridized carbons (Fsp3) is 0.588. The third-order valence-corrected chi connectivity index (χ3v) is 4.16. The minimum Gasteiger partial charge on any atom is -0.491 e. The summed E-state index contributed by atoms with van der Waals surface area (Å²) >= 11 is 0. The molecule has 0 amide bonds. The van der Waals surface area contributed by atoms with Gasteiger partial charge in [0.25, 0.3) is 0 Å². The summed E-state index contributed by atoms with van der Waals surface area (Å²) in [6, 6.07) is 7.25. The molecule has 1 aliphatic rings. The molecule has 0 saturated heterocycles. The Morgan fingerprint density at radius 1 is 1.19 bits per heavy atom. The lowest BCUT2D eigenvalue weighted by molar-refractivity contribution is -0.00732. The van der Waals surface area contributed by atoms with E-state index in [0.29, 0.717) is 30.3 Å². The number of rotatable bonds is 6. The summed E-state index contributed by atoms with van der Waals surface area (Å²) < 4.78 is 11.5. The number of hydrogen-bond acceptors (Lipinski definition) is 3. The number of ether oxygens (including phenoxy) is 2. The first-order valence-electron chi connectivity index (χ1n) is 7.65. The maximum atomic E-state index is 7.33. The van der Waals surface area contributed by atoms with Gasteiger partial charge in [-0.3, -0.25) is 5.41 Å². The van der Waals surface area contributed by atoms with Crippen molar-refractivity contribution in [3.05, 3.63) is 29.8 Å². The van der Waals surface area contributed by atoms with Gasteiger partial charge in [0.1, 0.15) is 18.2 Å². The molecule has 0 atom stereocenters. The number of benzene rings is 1. The van der Waals surface area contributed by atoms with Crippen molar-refractivity contribution < 1.29 is 9.47 Å². The van der Waals surface area contributed by atoms with Crippen molar-refractivity contribution in [1.82, 2.24) is 0 Å². The summed E-state index contributed by atoms with van der Waals surface area (Å²) in [5.41, 5.74) is 6.60. The van der Waals surface area contributed by atoms with Gasteiger partial charge in [0.2, 0.25) is 0 Å². The number of hydrogen-bond donors (Lipinski definition) is 2. The van der Waals surface area contributed by atoms with Crippen LogP contribution in [0.3, 0.4) is 0 Å². The van der Waals surface area contributed by atoms with Crippen molar-refractivity contribution in [1.29, 1.82) is 5.41 Å². The van der Waals surface area contributed by atoms with Crippen molar-refractivity contribution >= 4 is 5.84 Å². The second-order valence-corrected chi connectivity index (χ2v) is 6.52. The van der Waals surface area contributed by atoms with Crippen LogP contribution in [0, 0.1) is 10.8 Å². The first kappa shape index (κ1) is 15.8. The number of nitrogens with two attached hydrogens (primary N) is 1. The molecule has 3 N–H and O–H groups in total. The van der Waals surface area contributed by atoms with Gasteiger partial charge >= 0.3 is 0 Å². The molecule has 116 valence electrons. The maximum Gasteiger partial charge on any atom is 0.122 e. The van der Waals surface area contributed by atoms with Crippen LogP contribution < -0.4 is 10.5 Å². The number of nitrogens with one attached hydrogen (secondary N) is 1. The first-order chi connectivity index (χ1) is 9.96. The molecule has 0 aromatic heterocycles. The van der Waals surface area contributed by atoms with Gasteiger partial charge < -0.3 is 15.2 Å². The highest BCUT2D eigenvalue weighted by molar-refractivity contribution is 5.94.